The summed E-state index contributed by atoms with van der Waals surface area (Å²) in [6, 6.07) is 4.89. The fraction of sp³-hybridized carbons (Fsp3) is 0.684. The Morgan fingerprint density at radius 3 is 2.36 bits per heavy atom. The number of hydrogen-bond acceptors (Lipinski definition) is 3. The first-order valence-electron chi connectivity index (χ1n) is 9.24. The van der Waals surface area contributed by atoms with Crippen molar-refractivity contribution < 1.29 is 22.6 Å². The Balaban J connectivity index is 1.74. The number of alkyl halides is 3. The molecule has 1 aromatic carbocycles. The van der Waals surface area contributed by atoms with Gasteiger partial charge in [-0.1, -0.05) is 25.3 Å². The van der Waals surface area contributed by atoms with E-state index in [1.54, 1.807) is 12.1 Å². The minimum atomic E-state index is -4.71. The lowest BCUT2D eigenvalue weighted by atomic mass is 9.89. The van der Waals surface area contributed by atoms with Gasteiger partial charge in [0.2, 0.25) is 0 Å². The Bertz CT molecular complexity index is 550. The molecule has 1 saturated carbocycles. The van der Waals surface area contributed by atoms with E-state index >= 15 is 0 Å². The maximum absolute atomic E-state index is 12.7. The third kappa shape index (κ3) is 5.53. The van der Waals surface area contributed by atoms with Crippen LogP contribution in [-0.2, 0) is 0 Å². The van der Waals surface area contributed by atoms with E-state index in [4.69, 9.17) is 4.74 Å². The van der Waals surface area contributed by atoms with E-state index in [0.717, 1.165) is 44.3 Å². The third-order valence-corrected chi connectivity index (χ3v) is 5.20. The molecule has 1 saturated heterocycles. The van der Waals surface area contributed by atoms with E-state index in [9.17, 15) is 13.2 Å². The molecule has 1 aliphatic heterocycles. The molecule has 0 spiro atoms. The Hall–Kier alpha value is -1.43. The maximum atomic E-state index is 12.7. The fourth-order valence-electron chi connectivity index (χ4n) is 3.82. The van der Waals surface area contributed by atoms with E-state index in [0.29, 0.717) is 18.4 Å². The van der Waals surface area contributed by atoms with Gasteiger partial charge in [-0.05, 0) is 68.3 Å². The zero-order valence-electron chi connectivity index (χ0n) is 14.4. The van der Waals surface area contributed by atoms with Crippen LogP contribution < -0.4 is 14.8 Å². The standard InChI is InChI=1S/C19H26F3NO2/c20-19(21,22)25-17-7-6-16(15-8-10-23-11-9-15)12-18(17)24-13-14-4-2-1-3-5-14/h6-7,12,14-15,23H,1-5,8-11,13H2. The predicted molar refractivity (Wildman–Crippen MR) is 90.0 cm³/mol. The first kappa shape index (κ1) is 18.4. The van der Waals surface area contributed by atoms with Crippen molar-refractivity contribution in [1.82, 2.24) is 5.32 Å². The van der Waals surface area contributed by atoms with Crippen LogP contribution in [0.3, 0.4) is 0 Å². The molecule has 3 rings (SSSR count). The van der Waals surface area contributed by atoms with Gasteiger partial charge in [0.05, 0.1) is 6.61 Å². The highest BCUT2D eigenvalue weighted by molar-refractivity contribution is 5.44. The second kappa shape index (κ2) is 8.30. The Labute approximate surface area is 146 Å². The summed E-state index contributed by atoms with van der Waals surface area (Å²) in [6.45, 7) is 2.33. The molecule has 0 atom stereocenters. The van der Waals surface area contributed by atoms with E-state index in [2.05, 4.69) is 10.1 Å². The Morgan fingerprint density at radius 2 is 1.68 bits per heavy atom. The molecular formula is C19H26F3NO2. The molecule has 6 heteroatoms. The molecule has 1 N–H and O–H groups in total. The second-order valence-electron chi connectivity index (χ2n) is 7.09. The molecule has 2 fully saturated rings. The van der Waals surface area contributed by atoms with Gasteiger partial charge in [0, 0.05) is 0 Å². The summed E-state index contributed by atoms with van der Waals surface area (Å²) in [5, 5.41) is 3.30. The predicted octanol–water partition coefficient (Wildman–Crippen LogP) is 5.01. The summed E-state index contributed by atoms with van der Waals surface area (Å²) >= 11 is 0. The average molecular weight is 357 g/mol. The van der Waals surface area contributed by atoms with E-state index < -0.39 is 6.36 Å². The molecule has 1 aromatic rings. The zero-order chi connectivity index (χ0) is 17.7. The molecule has 140 valence electrons. The highest BCUT2D eigenvalue weighted by Crippen LogP contribution is 2.37. The van der Waals surface area contributed by atoms with Crippen molar-refractivity contribution in [1.29, 1.82) is 0 Å². The topological polar surface area (TPSA) is 30.5 Å². The SMILES string of the molecule is FC(F)(F)Oc1ccc(C2CCNCC2)cc1OCC1CCCCC1. The molecule has 3 nitrogen and oxygen atoms in total. The van der Waals surface area contributed by atoms with Crippen LogP contribution in [0.15, 0.2) is 18.2 Å². The van der Waals surface area contributed by atoms with Crippen LogP contribution in [0.25, 0.3) is 0 Å². The van der Waals surface area contributed by atoms with Crippen LogP contribution in [0, 0.1) is 5.92 Å². The summed E-state index contributed by atoms with van der Waals surface area (Å²) < 4.78 is 48.0. The second-order valence-corrected chi connectivity index (χ2v) is 7.09. The first-order chi connectivity index (χ1) is 12.0. The highest BCUT2D eigenvalue weighted by atomic mass is 19.4. The average Bonchev–Trinajstić information content (AvgIpc) is 2.61. The summed E-state index contributed by atoms with van der Waals surface area (Å²) in [6.07, 6.45) is 3.03. The monoisotopic (exact) mass is 357 g/mol. The van der Waals surface area contributed by atoms with E-state index in [-0.39, 0.29) is 11.5 Å². The molecule has 0 aromatic heterocycles. The van der Waals surface area contributed by atoms with Gasteiger partial charge in [-0.25, -0.2) is 0 Å². The van der Waals surface area contributed by atoms with Crippen molar-refractivity contribution in [3.05, 3.63) is 23.8 Å². The van der Waals surface area contributed by atoms with Gasteiger partial charge >= 0.3 is 6.36 Å². The molecule has 0 amide bonds. The van der Waals surface area contributed by atoms with E-state index in [1.807, 2.05) is 0 Å². The maximum Gasteiger partial charge on any atom is 0.573 e. The van der Waals surface area contributed by atoms with Crippen molar-refractivity contribution in [3.8, 4) is 11.5 Å². The van der Waals surface area contributed by atoms with Gasteiger partial charge in [0.25, 0.3) is 0 Å². The van der Waals surface area contributed by atoms with Crippen molar-refractivity contribution >= 4 is 0 Å². The van der Waals surface area contributed by atoms with Crippen LogP contribution in [0.5, 0.6) is 11.5 Å². The number of benzene rings is 1. The smallest absolute Gasteiger partial charge is 0.489 e. The van der Waals surface area contributed by atoms with Crippen molar-refractivity contribution in [3.63, 3.8) is 0 Å². The van der Waals surface area contributed by atoms with Gasteiger partial charge < -0.3 is 14.8 Å². The van der Waals surface area contributed by atoms with Crippen molar-refractivity contribution in [2.24, 2.45) is 5.92 Å². The lowest BCUT2D eigenvalue weighted by Gasteiger charge is -2.25. The Kier molecular flexibility index (Phi) is 6.10. The molecule has 0 bridgehead atoms. The lowest BCUT2D eigenvalue weighted by molar-refractivity contribution is -0.275. The van der Waals surface area contributed by atoms with Gasteiger partial charge in [0.1, 0.15) is 0 Å². The normalized spacial score (nSPS) is 20.4. The van der Waals surface area contributed by atoms with Crippen LogP contribution in [-0.4, -0.2) is 26.1 Å². The van der Waals surface area contributed by atoms with Gasteiger partial charge in [-0.15, -0.1) is 13.2 Å². The Morgan fingerprint density at radius 1 is 0.960 bits per heavy atom. The minimum absolute atomic E-state index is 0.221. The zero-order valence-corrected chi connectivity index (χ0v) is 14.4. The summed E-state index contributed by atoms with van der Waals surface area (Å²) in [5.41, 5.74) is 1.04. The van der Waals surface area contributed by atoms with E-state index in [1.165, 1.54) is 25.3 Å². The number of hydrogen-bond donors (Lipinski definition) is 1. The largest absolute Gasteiger partial charge is 0.573 e. The first-order valence-corrected chi connectivity index (χ1v) is 9.24. The molecule has 1 aliphatic carbocycles. The summed E-state index contributed by atoms with van der Waals surface area (Å²) in [4.78, 5) is 0. The third-order valence-electron chi connectivity index (χ3n) is 5.20. The van der Waals surface area contributed by atoms with Crippen molar-refractivity contribution in [2.45, 2.75) is 57.2 Å². The van der Waals surface area contributed by atoms with Gasteiger partial charge in [-0.2, -0.15) is 0 Å². The van der Waals surface area contributed by atoms with Crippen LogP contribution in [0.4, 0.5) is 13.2 Å². The highest BCUT2D eigenvalue weighted by Gasteiger charge is 2.33. The molecule has 0 unspecified atom stereocenters. The number of piperidine rings is 1. The lowest BCUT2D eigenvalue weighted by Crippen LogP contribution is -2.26. The van der Waals surface area contributed by atoms with Crippen LogP contribution in [0.2, 0.25) is 0 Å². The number of ether oxygens (including phenoxy) is 2. The molecule has 0 radical (unpaired) electrons. The summed E-state index contributed by atoms with van der Waals surface area (Å²) in [7, 11) is 0. The molecule has 25 heavy (non-hydrogen) atoms. The fourth-order valence-corrected chi connectivity index (χ4v) is 3.82. The summed E-state index contributed by atoms with van der Waals surface area (Å²) in [5.74, 6) is 0.771. The van der Waals surface area contributed by atoms with Gasteiger partial charge in [-0.3, -0.25) is 0 Å². The van der Waals surface area contributed by atoms with Gasteiger partial charge in [0.15, 0.2) is 11.5 Å². The van der Waals surface area contributed by atoms with Crippen LogP contribution in [0.1, 0.15) is 56.4 Å². The number of nitrogens with one attached hydrogen (secondary N) is 1. The molecular weight excluding hydrogens is 331 g/mol. The number of halogens is 3. The van der Waals surface area contributed by atoms with Crippen LogP contribution >= 0.6 is 0 Å². The quantitative estimate of drug-likeness (QED) is 0.803. The van der Waals surface area contributed by atoms with Crippen molar-refractivity contribution in [2.75, 3.05) is 19.7 Å². The number of rotatable bonds is 5. The molecule has 1 heterocycles. The molecule has 2 aliphatic rings. The minimum Gasteiger partial charge on any atom is -0.489 e.